The molecule has 4 rings (SSSR count). The molecule has 5 amide bonds. The number of carboxylic acid groups (broad SMARTS) is 1. The Hall–Kier alpha value is -4.98. The van der Waals surface area contributed by atoms with E-state index in [1.807, 2.05) is 24.3 Å². The number of carbonyl (C=O) groups is 6. The molecular formula is C37H46ClFN6O7. The number of aliphatic carboxylic acids is 1. The van der Waals surface area contributed by atoms with Crippen molar-refractivity contribution >= 4 is 58.0 Å². The molecule has 1 fully saturated rings. The molecule has 3 aromatic rings. The molecule has 6 N–H and O–H groups in total. The van der Waals surface area contributed by atoms with Crippen LogP contribution in [0.4, 0.5) is 4.39 Å². The highest BCUT2D eigenvalue weighted by Gasteiger charge is 2.38. The summed E-state index contributed by atoms with van der Waals surface area (Å²) < 4.78 is 13.7. The van der Waals surface area contributed by atoms with E-state index in [2.05, 4.69) is 26.3 Å². The number of amides is 5. The second-order valence-electron chi connectivity index (χ2n) is 14.0. The Morgan fingerprint density at radius 2 is 1.62 bits per heavy atom. The van der Waals surface area contributed by atoms with Crippen molar-refractivity contribution in [3.8, 4) is 0 Å². The molecule has 1 saturated heterocycles. The van der Waals surface area contributed by atoms with E-state index >= 15 is 0 Å². The van der Waals surface area contributed by atoms with Gasteiger partial charge >= 0.3 is 5.97 Å². The van der Waals surface area contributed by atoms with Crippen molar-refractivity contribution in [1.29, 1.82) is 0 Å². The Labute approximate surface area is 306 Å². The number of hydrogen-bond acceptors (Lipinski definition) is 6. The van der Waals surface area contributed by atoms with Crippen LogP contribution in [0, 0.1) is 5.82 Å². The van der Waals surface area contributed by atoms with Crippen molar-refractivity contribution in [2.45, 2.75) is 95.4 Å². The van der Waals surface area contributed by atoms with Crippen LogP contribution in [0.5, 0.6) is 0 Å². The molecule has 0 aliphatic carbocycles. The van der Waals surface area contributed by atoms with Crippen LogP contribution in [0.2, 0.25) is 0 Å². The molecule has 3 unspecified atom stereocenters. The first kappa shape index (κ1) is 39.8. The van der Waals surface area contributed by atoms with Crippen molar-refractivity contribution in [2.75, 3.05) is 12.4 Å². The Balaban J connectivity index is 1.63. The highest BCUT2D eigenvalue weighted by molar-refractivity contribution is 6.27. The van der Waals surface area contributed by atoms with Gasteiger partial charge in [0.05, 0.1) is 0 Å². The summed E-state index contributed by atoms with van der Waals surface area (Å²) in [4.78, 5) is 83.5. The second kappa shape index (κ2) is 18.0. The number of nitrogens with one attached hydrogen (secondary N) is 5. The first-order chi connectivity index (χ1) is 24.6. The highest BCUT2D eigenvalue weighted by Crippen LogP contribution is 2.22. The van der Waals surface area contributed by atoms with E-state index in [9.17, 15) is 38.3 Å². The minimum Gasteiger partial charge on any atom is -0.481 e. The maximum atomic E-state index is 14.2. The first-order valence-corrected chi connectivity index (χ1v) is 17.8. The van der Waals surface area contributed by atoms with E-state index in [0.717, 1.165) is 16.5 Å². The highest BCUT2D eigenvalue weighted by atomic mass is 35.5. The largest absolute Gasteiger partial charge is 0.481 e. The van der Waals surface area contributed by atoms with E-state index in [1.54, 1.807) is 27.0 Å². The number of aromatic nitrogens is 1. The number of carboxylic acids is 1. The summed E-state index contributed by atoms with van der Waals surface area (Å²) in [6, 6.07) is 8.48. The minimum absolute atomic E-state index is 0.0272. The van der Waals surface area contributed by atoms with Crippen LogP contribution in [0.25, 0.3) is 10.9 Å². The predicted molar refractivity (Wildman–Crippen MR) is 193 cm³/mol. The lowest BCUT2D eigenvalue weighted by Crippen LogP contribution is -2.61. The molecule has 0 radical (unpaired) electrons. The molecule has 0 saturated carbocycles. The average molecular weight is 741 g/mol. The van der Waals surface area contributed by atoms with E-state index in [1.165, 1.54) is 29.2 Å². The van der Waals surface area contributed by atoms with Crippen molar-refractivity contribution in [1.82, 2.24) is 31.2 Å². The molecule has 0 spiro atoms. The maximum Gasteiger partial charge on any atom is 0.303 e. The number of benzene rings is 2. The number of fused-ring (bicyclic) bond motifs is 1. The van der Waals surface area contributed by atoms with E-state index < -0.39 is 83.3 Å². The van der Waals surface area contributed by atoms with Crippen molar-refractivity contribution < 1.29 is 38.3 Å². The molecule has 1 aliphatic rings. The summed E-state index contributed by atoms with van der Waals surface area (Å²) in [6.45, 7) is 5.56. The molecule has 52 heavy (non-hydrogen) atoms. The van der Waals surface area contributed by atoms with Crippen LogP contribution in [0.3, 0.4) is 0 Å². The zero-order valence-electron chi connectivity index (χ0n) is 29.5. The van der Waals surface area contributed by atoms with Gasteiger partial charge in [-0.1, -0.05) is 30.3 Å². The Morgan fingerprint density at radius 3 is 2.29 bits per heavy atom. The second-order valence-corrected chi connectivity index (χ2v) is 14.3. The fourth-order valence-corrected chi connectivity index (χ4v) is 6.30. The first-order valence-electron chi connectivity index (χ1n) is 17.2. The summed E-state index contributed by atoms with van der Waals surface area (Å²) in [7, 11) is 0. The maximum absolute atomic E-state index is 14.2. The Kier molecular flexibility index (Phi) is 13.8. The minimum atomic E-state index is -1.23. The molecule has 280 valence electrons. The van der Waals surface area contributed by atoms with Crippen molar-refractivity contribution in [3.63, 3.8) is 0 Å². The van der Waals surface area contributed by atoms with Crippen molar-refractivity contribution in [2.24, 2.45) is 0 Å². The average Bonchev–Trinajstić information content (AvgIpc) is 3.51. The van der Waals surface area contributed by atoms with Gasteiger partial charge in [0, 0.05) is 48.4 Å². The monoisotopic (exact) mass is 740 g/mol. The lowest BCUT2D eigenvalue weighted by Gasteiger charge is -2.37. The van der Waals surface area contributed by atoms with Gasteiger partial charge in [-0.2, -0.15) is 0 Å². The summed E-state index contributed by atoms with van der Waals surface area (Å²) in [5.41, 5.74) is 1.50. The van der Waals surface area contributed by atoms with Gasteiger partial charge in [-0.3, -0.25) is 28.8 Å². The standard InChI is InChI=1S/C37H46ClFN6O7/c1-37(2,3)44-34(50)28(18-22-11-13-24(39)14-12-22)42-33(49)29(19-23-21-40-26-9-5-4-8-25(23)26)43-35(51)30-10-6-7-17-45(30)36(52)27(15-16-32(47)48)41-31(46)20-38/h4-5,8-9,11-14,21,27-30,40H,6-7,10,15-20H2,1-3H3,(H,41,46)(H,42,49)(H,43,51)(H,44,50)(H,47,48)/t27?,28?,29?,30-/m0/s1. The van der Waals surface area contributed by atoms with Crippen LogP contribution in [0.1, 0.15) is 64.0 Å². The van der Waals surface area contributed by atoms with Gasteiger partial charge in [0.15, 0.2) is 0 Å². The molecule has 15 heteroatoms. The summed E-state index contributed by atoms with van der Waals surface area (Å²) >= 11 is 5.65. The number of halogens is 2. The summed E-state index contributed by atoms with van der Waals surface area (Å²) in [5.74, 6) is -5.10. The van der Waals surface area contributed by atoms with Crippen LogP contribution in [-0.2, 0) is 41.6 Å². The number of aromatic amines is 1. The Morgan fingerprint density at radius 1 is 0.923 bits per heavy atom. The fourth-order valence-electron chi connectivity index (χ4n) is 6.22. The number of alkyl halides is 1. The number of piperidine rings is 1. The zero-order valence-corrected chi connectivity index (χ0v) is 30.2. The SMILES string of the molecule is CC(C)(C)NC(=O)C(Cc1ccc(F)cc1)NC(=O)C(Cc1c[nH]c2ccccc12)NC(=O)[C@@H]1CCCCN1C(=O)C(CCC(=O)O)NC(=O)CCl. The van der Waals surface area contributed by atoms with Gasteiger partial charge in [0.2, 0.25) is 29.5 Å². The van der Waals surface area contributed by atoms with E-state index in [4.69, 9.17) is 11.6 Å². The lowest BCUT2D eigenvalue weighted by atomic mass is 9.97. The molecule has 2 heterocycles. The topological polar surface area (TPSA) is 190 Å². The Bertz CT molecular complexity index is 1760. The van der Waals surface area contributed by atoms with Gasteiger partial charge in [0.1, 0.15) is 35.9 Å². The molecule has 13 nitrogen and oxygen atoms in total. The number of rotatable bonds is 15. The van der Waals surface area contributed by atoms with E-state index in [-0.39, 0.29) is 32.2 Å². The number of nitrogens with zero attached hydrogens (tertiary/aromatic N) is 1. The number of likely N-dealkylation sites (tertiary alicyclic amines) is 1. The molecule has 1 aromatic heterocycles. The zero-order chi connectivity index (χ0) is 38.0. The van der Waals surface area contributed by atoms with Crippen LogP contribution in [0.15, 0.2) is 54.7 Å². The summed E-state index contributed by atoms with van der Waals surface area (Å²) in [6.07, 6.45) is 2.62. The molecule has 2 aromatic carbocycles. The van der Waals surface area contributed by atoms with Gasteiger partial charge in [-0.15, -0.1) is 11.6 Å². The van der Waals surface area contributed by atoms with Gasteiger partial charge in [0.25, 0.3) is 0 Å². The molecular weight excluding hydrogens is 695 g/mol. The molecule has 1 aliphatic heterocycles. The third-order valence-corrected chi connectivity index (χ3v) is 8.95. The third kappa shape index (κ3) is 11.3. The van der Waals surface area contributed by atoms with Gasteiger partial charge in [-0.05, 0) is 75.8 Å². The number of H-pyrrole nitrogens is 1. The van der Waals surface area contributed by atoms with Gasteiger partial charge < -0.3 is 36.3 Å². The smallest absolute Gasteiger partial charge is 0.303 e. The number of hydrogen-bond donors (Lipinski definition) is 6. The number of para-hydroxylation sites is 1. The van der Waals surface area contributed by atoms with Gasteiger partial charge in [-0.25, -0.2) is 4.39 Å². The van der Waals surface area contributed by atoms with Crippen LogP contribution >= 0.6 is 11.6 Å². The van der Waals surface area contributed by atoms with E-state index in [0.29, 0.717) is 18.4 Å². The lowest BCUT2D eigenvalue weighted by molar-refractivity contribution is -0.146. The molecule has 4 atom stereocenters. The van der Waals surface area contributed by atoms with Crippen LogP contribution in [-0.4, -0.2) is 92.6 Å². The predicted octanol–water partition coefficient (Wildman–Crippen LogP) is 2.95. The van der Waals surface area contributed by atoms with Crippen LogP contribution < -0.4 is 21.3 Å². The van der Waals surface area contributed by atoms with Crippen molar-refractivity contribution in [3.05, 3.63) is 71.7 Å². The molecule has 0 bridgehead atoms. The normalized spacial score (nSPS) is 16.3. The summed E-state index contributed by atoms with van der Waals surface area (Å²) in [5, 5.41) is 21.1. The number of carbonyl (C=O) groups excluding carboxylic acids is 5. The fraction of sp³-hybridized carbons (Fsp3) is 0.459. The third-order valence-electron chi connectivity index (χ3n) is 8.71. The quantitative estimate of drug-likeness (QED) is 0.129.